The average molecular weight is 397 g/mol. The van der Waals surface area contributed by atoms with Crippen molar-refractivity contribution >= 4 is 17.7 Å². The van der Waals surface area contributed by atoms with Gasteiger partial charge in [-0.3, -0.25) is 9.89 Å². The van der Waals surface area contributed by atoms with Crippen molar-refractivity contribution in [1.82, 2.24) is 10.2 Å². The molecule has 2 heterocycles. The molecular weight excluding hydrogens is 368 g/mol. The van der Waals surface area contributed by atoms with Crippen molar-refractivity contribution in [2.75, 3.05) is 31.2 Å². The van der Waals surface area contributed by atoms with E-state index in [0.717, 1.165) is 43.1 Å². The molecule has 0 amide bonds. The maximum absolute atomic E-state index is 6.25. The number of nitrogens with one attached hydrogen (secondary N) is 1. The molecule has 6 heteroatoms. The third kappa shape index (κ3) is 4.80. The zero-order valence-electron chi connectivity index (χ0n) is 16.1. The lowest BCUT2D eigenvalue weighted by molar-refractivity contribution is 0.215. The van der Waals surface area contributed by atoms with Crippen molar-refractivity contribution in [3.05, 3.63) is 65.7 Å². The fourth-order valence-corrected chi connectivity index (χ4v) is 4.92. The van der Waals surface area contributed by atoms with Crippen LogP contribution in [0.2, 0.25) is 0 Å². The van der Waals surface area contributed by atoms with Crippen LogP contribution in [-0.4, -0.2) is 48.1 Å². The van der Waals surface area contributed by atoms with Crippen LogP contribution in [0.4, 0.5) is 0 Å². The third-order valence-electron chi connectivity index (χ3n) is 5.33. The van der Waals surface area contributed by atoms with Crippen LogP contribution in [0, 0.1) is 0 Å². The Hall–Kier alpha value is -2.18. The number of nitrogens with two attached hydrogens (primary N) is 1. The van der Waals surface area contributed by atoms with Gasteiger partial charge < -0.3 is 15.8 Å². The second-order valence-corrected chi connectivity index (χ2v) is 8.43. The van der Waals surface area contributed by atoms with Crippen LogP contribution in [0.3, 0.4) is 0 Å². The Labute approximate surface area is 171 Å². The number of thioether (sulfide) groups is 1. The third-order valence-corrected chi connectivity index (χ3v) is 6.42. The first-order valence-corrected chi connectivity index (χ1v) is 11.1. The molecule has 3 N–H and O–H groups in total. The van der Waals surface area contributed by atoms with Crippen molar-refractivity contribution in [1.29, 1.82) is 0 Å². The lowest BCUT2D eigenvalue weighted by atomic mass is 10.0. The maximum Gasteiger partial charge on any atom is 0.189 e. The molecule has 2 aromatic carbocycles. The van der Waals surface area contributed by atoms with Crippen LogP contribution >= 0.6 is 11.8 Å². The standard InChI is InChI=1S/C22H28N4OS/c23-22(25-20-10-12-27-21-9-5-4-8-19(20)21)24-14-18-16-28-13-11-26(18)15-17-6-2-1-3-7-17/h1-9,18,20H,10-16H2,(H3,23,24,25). The molecule has 148 valence electrons. The molecule has 0 aromatic heterocycles. The van der Waals surface area contributed by atoms with Crippen LogP contribution in [0.5, 0.6) is 5.75 Å². The largest absolute Gasteiger partial charge is 0.493 e. The molecule has 4 rings (SSSR count). The molecular formula is C22H28N4OS. The number of hydrogen-bond acceptors (Lipinski definition) is 4. The molecule has 2 atom stereocenters. The zero-order chi connectivity index (χ0) is 19.2. The number of ether oxygens (including phenoxy) is 1. The molecule has 2 aliphatic rings. The Balaban J connectivity index is 1.37. The smallest absolute Gasteiger partial charge is 0.189 e. The predicted octanol–water partition coefficient (Wildman–Crippen LogP) is 3.03. The molecule has 1 saturated heterocycles. The summed E-state index contributed by atoms with van der Waals surface area (Å²) < 4.78 is 5.73. The second kappa shape index (κ2) is 9.34. The number of rotatable bonds is 5. The van der Waals surface area contributed by atoms with Gasteiger partial charge in [-0.2, -0.15) is 11.8 Å². The molecule has 2 unspecified atom stereocenters. The summed E-state index contributed by atoms with van der Waals surface area (Å²) in [6.07, 6.45) is 0.895. The van der Waals surface area contributed by atoms with E-state index in [1.807, 2.05) is 30.0 Å². The number of para-hydroxylation sites is 1. The van der Waals surface area contributed by atoms with E-state index in [9.17, 15) is 0 Å². The van der Waals surface area contributed by atoms with Gasteiger partial charge in [0.25, 0.3) is 0 Å². The summed E-state index contributed by atoms with van der Waals surface area (Å²) in [6.45, 7) is 3.50. The highest BCUT2D eigenvalue weighted by Gasteiger charge is 2.24. The Morgan fingerprint density at radius 1 is 1.18 bits per heavy atom. The monoisotopic (exact) mass is 396 g/mol. The molecule has 0 saturated carbocycles. The minimum absolute atomic E-state index is 0.162. The topological polar surface area (TPSA) is 62.9 Å². The van der Waals surface area contributed by atoms with Gasteiger partial charge in [0.1, 0.15) is 5.75 Å². The minimum Gasteiger partial charge on any atom is -0.493 e. The minimum atomic E-state index is 0.162. The maximum atomic E-state index is 6.25. The van der Waals surface area contributed by atoms with Crippen LogP contribution in [0.15, 0.2) is 59.6 Å². The van der Waals surface area contributed by atoms with Gasteiger partial charge in [-0.15, -0.1) is 0 Å². The zero-order valence-corrected chi connectivity index (χ0v) is 16.9. The van der Waals surface area contributed by atoms with E-state index in [1.165, 1.54) is 11.3 Å². The van der Waals surface area contributed by atoms with E-state index in [-0.39, 0.29) is 6.04 Å². The number of nitrogens with zero attached hydrogens (tertiary/aromatic N) is 2. The Kier molecular flexibility index (Phi) is 6.39. The van der Waals surface area contributed by atoms with Gasteiger partial charge in [0.15, 0.2) is 5.96 Å². The molecule has 0 spiro atoms. The SMILES string of the molecule is NC(=NCC1CSCCN1Cc1ccccc1)NC1CCOc2ccccc21. The second-order valence-electron chi connectivity index (χ2n) is 7.28. The van der Waals surface area contributed by atoms with Crippen molar-refractivity contribution in [2.45, 2.75) is 25.0 Å². The van der Waals surface area contributed by atoms with Gasteiger partial charge in [0, 0.05) is 42.6 Å². The van der Waals surface area contributed by atoms with Gasteiger partial charge in [-0.1, -0.05) is 48.5 Å². The lowest BCUT2D eigenvalue weighted by Crippen LogP contribution is -2.44. The number of aliphatic imine (C=N–C) groups is 1. The molecule has 5 nitrogen and oxygen atoms in total. The molecule has 0 aliphatic carbocycles. The number of benzene rings is 2. The van der Waals surface area contributed by atoms with Gasteiger partial charge in [0.2, 0.25) is 0 Å². The van der Waals surface area contributed by atoms with E-state index in [1.54, 1.807) is 0 Å². The van der Waals surface area contributed by atoms with Crippen LogP contribution in [0.1, 0.15) is 23.6 Å². The lowest BCUT2D eigenvalue weighted by Gasteiger charge is -2.34. The quantitative estimate of drug-likeness (QED) is 0.601. The highest BCUT2D eigenvalue weighted by atomic mass is 32.2. The van der Waals surface area contributed by atoms with E-state index in [2.05, 4.69) is 46.6 Å². The summed E-state index contributed by atoms with van der Waals surface area (Å²) in [7, 11) is 0. The highest BCUT2D eigenvalue weighted by Crippen LogP contribution is 2.31. The summed E-state index contributed by atoms with van der Waals surface area (Å²) in [5.41, 5.74) is 8.76. The first-order chi connectivity index (χ1) is 13.8. The number of guanidine groups is 1. The summed E-state index contributed by atoms with van der Waals surface area (Å²) in [6, 6.07) is 19.4. The molecule has 1 fully saturated rings. The van der Waals surface area contributed by atoms with E-state index < -0.39 is 0 Å². The van der Waals surface area contributed by atoms with E-state index in [0.29, 0.717) is 18.6 Å². The van der Waals surface area contributed by atoms with Gasteiger partial charge >= 0.3 is 0 Å². The highest BCUT2D eigenvalue weighted by molar-refractivity contribution is 7.99. The predicted molar refractivity (Wildman–Crippen MR) is 117 cm³/mol. The van der Waals surface area contributed by atoms with Gasteiger partial charge in [0.05, 0.1) is 19.2 Å². The number of hydrogen-bond donors (Lipinski definition) is 2. The van der Waals surface area contributed by atoms with Gasteiger partial charge in [-0.05, 0) is 11.6 Å². The Bertz CT molecular complexity index is 798. The van der Waals surface area contributed by atoms with Crippen molar-refractivity contribution in [3.63, 3.8) is 0 Å². The fourth-order valence-electron chi connectivity index (χ4n) is 3.80. The molecule has 28 heavy (non-hydrogen) atoms. The fraction of sp³-hybridized carbons (Fsp3) is 0.409. The molecule has 2 aliphatic heterocycles. The summed E-state index contributed by atoms with van der Waals surface area (Å²) >= 11 is 2.01. The van der Waals surface area contributed by atoms with Crippen molar-refractivity contribution in [3.8, 4) is 5.75 Å². The van der Waals surface area contributed by atoms with Gasteiger partial charge in [-0.25, -0.2) is 0 Å². The normalized spacial score (nSPS) is 22.9. The average Bonchev–Trinajstić information content (AvgIpc) is 2.74. The van der Waals surface area contributed by atoms with E-state index >= 15 is 0 Å². The Morgan fingerprint density at radius 3 is 2.89 bits per heavy atom. The Morgan fingerprint density at radius 2 is 2.00 bits per heavy atom. The van der Waals surface area contributed by atoms with Crippen molar-refractivity contribution in [2.24, 2.45) is 10.7 Å². The summed E-state index contributed by atoms with van der Waals surface area (Å²) in [5, 5.41) is 3.40. The van der Waals surface area contributed by atoms with Crippen molar-refractivity contribution < 1.29 is 4.74 Å². The molecule has 0 bridgehead atoms. The van der Waals surface area contributed by atoms with Crippen LogP contribution in [-0.2, 0) is 6.54 Å². The molecule has 0 radical (unpaired) electrons. The number of fused-ring (bicyclic) bond motifs is 1. The molecule has 2 aromatic rings. The summed E-state index contributed by atoms with van der Waals surface area (Å²) in [5.74, 6) is 3.75. The first kappa shape index (κ1) is 19.2. The van der Waals surface area contributed by atoms with Crippen LogP contribution < -0.4 is 15.8 Å². The first-order valence-electron chi connectivity index (χ1n) is 9.93. The van der Waals surface area contributed by atoms with E-state index in [4.69, 9.17) is 15.5 Å². The van der Waals surface area contributed by atoms with Crippen LogP contribution in [0.25, 0.3) is 0 Å². The summed E-state index contributed by atoms with van der Waals surface area (Å²) in [4.78, 5) is 7.23.